The van der Waals surface area contributed by atoms with Crippen LogP contribution >= 0.6 is 11.8 Å². The molecular weight excluding hydrogens is 292 g/mol. The maximum atomic E-state index is 11.0. The highest BCUT2D eigenvalue weighted by molar-refractivity contribution is 7.98. The first-order valence-electron chi connectivity index (χ1n) is 6.02. The summed E-state index contributed by atoms with van der Waals surface area (Å²) < 4.78 is 6.78. The number of tetrazole rings is 1. The first-order chi connectivity index (χ1) is 10.3. The molecule has 0 saturated carbocycles. The molecule has 2 aromatic heterocycles. The maximum Gasteiger partial charge on any atom is 0.339 e. The zero-order chi connectivity index (χ0) is 14.7. The minimum absolute atomic E-state index is 0.154. The summed E-state index contributed by atoms with van der Waals surface area (Å²) in [5.41, 5.74) is 0.990. The Morgan fingerprint density at radius 3 is 2.86 bits per heavy atom. The molecule has 106 valence electrons. The highest BCUT2D eigenvalue weighted by atomic mass is 32.2. The number of para-hydroxylation sites is 1. The minimum Gasteiger partial charge on any atom is -0.478 e. The average molecular weight is 302 g/mol. The number of furan rings is 1. The van der Waals surface area contributed by atoms with Crippen molar-refractivity contribution < 1.29 is 14.3 Å². The van der Waals surface area contributed by atoms with Gasteiger partial charge in [-0.1, -0.05) is 30.0 Å². The van der Waals surface area contributed by atoms with E-state index in [4.69, 9.17) is 9.52 Å². The predicted molar refractivity (Wildman–Crippen MR) is 74.4 cm³/mol. The molecule has 0 aliphatic heterocycles. The van der Waals surface area contributed by atoms with Crippen molar-refractivity contribution >= 4 is 17.7 Å². The van der Waals surface area contributed by atoms with Gasteiger partial charge >= 0.3 is 5.97 Å². The lowest BCUT2D eigenvalue weighted by molar-refractivity contribution is 0.0695. The van der Waals surface area contributed by atoms with Gasteiger partial charge in [0.05, 0.1) is 17.7 Å². The molecule has 0 radical (unpaired) electrons. The van der Waals surface area contributed by atoms with Gasteiger partial charge in [-0.3, -0.25) is 0 Å². The van der Waals surface area contributed by atoms with Crippen LogP contribution in [0, 0.1) is 0 Å². The van der Waals surface area contributed by atoms with Gasteiger partial charge in [0, 0.05) is 0 Å². The lowest BCUT2D eigenvalue weighted by Crippen LogP contribution is -2.00. The number of carboxylic acid groups (broad SMARTS) is 1. The van der Waals surface area contributed by atoms with E-state index in [-0.39, 0.29) is 5.56 Å². The number of aromatic carboxylic acids is 1. The van der Waals surface area contributed by atoms with Crippen molar-refractivity contribution in [3.8, 4) is 5.69 Å². The highest BCUT2D eigenvalue weighted by Crippen LogP contribution is 2.24. The average Bonchev–Trinajstić information content (AvgIpc) is 3.15. The molecule has 0 bridgehead atoms. The summed E-state index contributed by atoms with van der Waals surface area (Å²) in [6, 6.07) is 10.9. The molecular formula is C13H10N4O3S. The Morgan fingerprint density at radius 2 is 2.10 bits per heavy atom. The molecule has 1 aromatic carbocycles. The van der Waals surface area contributed by atoms with Gasteiger partial charge in [-0.05, 0) is 28.6 Å². The van der Waals surface area contributed by atoms with Crippen molar-refractivity contribution in [2.75, 3.05) is 0 Å². The van der Waals surface area contributed by atoms with E-state index >= 15 is 0 Å². The standard InChI is InChI=1S/C13H10N4O3S/c18-12(19)10-6-7-20-11(10)8-21-13-14-15-16-17(13)9-4-2-1-3-5-9/h1-7H,8H2,(H,18,19). The molecule has 8 heteroatoms. The van der Waals surface area contributed by atoms with Crippen molar-refractivity contribution in [1.82, 2.24) is 20.2 Å². The summed E-state index contributed by atoms with van der Waals surface area (Å²) in [5.74, 6) is -0.293. The van der Waals surface area contributed by atoms with Crippen LogP contribution in [0.4, 0.5) is 0 Å². The van der Waals surface area contributed by atoms with E-state index < -0.39 is 5.97 Å². The van der Waals surface area contributed by atoms with Crippen LogP contribution in [-0.4, -0.2) is 31.3 Å². The van der Waals surface area contributed by atoms with Crippen LogP contribution in [0.15, 0.2) is 52.2 Å². The van der Waals surface area contributed by atoms with Gasteiger partial charge in [0.25, 0.3) is 0 Å². The van der Waals surface area contributed by atoms with Crippen LogP contribution in [0.1, 0.15) is 16.1 Å². The van der Waals surface area contributed by atoms with Crippen molar-refractivity contribution in [1.29, 1.82) is 0 Å². The minimum atomic E-state index is -1.01. The Bertz CT molecular complexity index is 754. The van der Waals surface area contributed by atoms with E-state index in [9.17, 15) is 4.79 Å². The van der Waals surface area contributed by atoms with E-state index in [1.807, 2.05) is 30.3 Å². The first kappa shape index (κ1) is 13.4. The molecule has 0 saturated heterocycles. The van der Waals surface area contributed by atoms with Gasteiger partial charge in [-0.25, -0.2) is 4.79 Å². The Labute approximate surface area is 123 Å². The number of carbonyl (C=O) groups is 1. The third kappa shape index (κ3) is 2.79. The number of rotatable bonds is 5. The van der Waals surface area contributed by atoms with Crippen molar-refractivity contribution in [3.05, 3.63) is 54.0 Å². The smallest absolute Gasteiger partial charge is 0.339 e. The van der Waals surface area contributed by atoms with Crippen molar-refractivity contribution in [2.24, 2.45) is 0 Å². The normalized spacial score (nSPS) is 10.7. The van der Waals surface area contributed by atoms with Crippen LogP contribution in [0.25, 0.3) is 5.69 Å². The summed E-state index contributed by atoms with van der Waals surface area (Å²) in [6.45, 7) is 0. The predicted octanol–water partition coefficient (Wildman–Crippen LogP) is 2.25. The Kier molecular flexibility index (Phi) is 3.69. The number of thioether (sulfide) groups is 1. The van der Waals surface area contributed by atoms with Crippen molar-refractivity contribution in [2.45, 2.75) is 10.9 Å². The van der Waals surface area contributed by atoms with E-state index in [2.05, 4.69) is 15.5 Å². The third-order valence-corrected chi connectivity index (χ3v) is 3.67. The van der Waals surface area contributed by atoms with E-state index in [0.29, 0.717) is 16.7 Å². The highest BCUT2D eigenvalue weighted by Gasteiger charge is 2.16. The second-order valence-electron chi connectivity index (χ2n) is 4.06. The molecule has 0 aliphatic carbocycles. The molecule has 0 spiro atoms. The maximum absolute atomic E-state index is 11.0. The van der Waals surface area contributed by atoms with Crippen LogP contribution in [-0.2, 0) is 5.75 Å². The molecule has 1 N–H and O–H groups in total. The fourth-order valence-corrected chi connectivity index (χ4v) is 2.62. The lowest BCUT2D eigenvalue weighted by atomic mass is 10.3. The molecule has 2 heterocycles. The zero-order valence-electron chi connectivity index (χ0n) is 10.7. The Morgan fingerprint density at radius 1 is 1.29 bits per heavy atom. The van der Waals surface area contributed by atoms with Crippen LogP contribution in [0.3, 0.4) is 0 Å². The van der Waals surface area contributed by atoms with Gasteiger partial charge in [-0.15, -0.1) is 5.10 Å². The number of carboxylic acids is 1. The summed E-state index contributed by atoms with van der Waals surface area (Å²) >= 11 is 1.31. The second kappa shape index (κ2) is 5.80. The number of hydrogen-bond acceptors (Lipinski definition) is 6. The SMILES string of the molecule is O=C(O)c1ccoc1CSc1nnnn1-c1ccccc1. The molecule has 0 aliphatic rings. The van der Waals surface area contributed by atoms with Gasteiger partial charge in [0.1, 0.15) is 11.3 Å². The monoisotopic (exact) mass is 302 g/mol. The summed E-state index contributed by atoms with van der Waals surface area (Å²) in [5, 5.41) is 21.1. The second-order valence-corrected chi connectivity index (χ2v) is 5.00. The summed E-state index contributed by atoms with van der Waals surface area (Å²) in [6.07, 6.45) is 1.36. The summed E-state index contributed by atoms with van der Waals surface area (Å²) in [4.78, 5) is 11.0. The Hall–Kier alpha value is -2.61. The van der Waals surface area contributed by atoms with E-state index in [1.165, 1.54) is 24.1 Å². The molecule has 3 aromatic rings. The molecule has 7 nitrogen and oxygen atoms in total. The van der Waals surface area contributed by atoms with Gasteiger partial charge in [0.15, 0.2) is 0 Å². The van der Waals surface area contributed by atoms with E-state index in [1.54, 1.807) is 4.68 Å². The largest absolute Gasteiger partial charge is 0.478 e. The van der Waals surface area contributed by atoms with Crippen molar-refractivity contribution in [3.63, 3.8) is 0 Å². The van der Waals surface area contributed by atoms with Gasteiger partial charge in [-0.2, -0.15) is 4.68 Å². The van der Waals surface area contributed by atoms with Gasteiger partial charge < -0.3 is 9.52 Å². The zero-order valence-corrected chi connectivity index (χ0v) is 11.5. The fraction of sp³-hybridized carbons (Fsp3) is 0.0769. The molecule has 0 unspecified atom stereocenters. The topological polar surface area (TPSA) is 94.0 Å². The van der Waals surface area contributed by atoms with Crippen LogP contribution in [0.5, 0.6) is 0 Å². The fourth-order valence-electron chi connectivity index (χ4n) is 1.77. The van der Waals surface area contributed by atoms with Crippen LogP contribution in [0.2, 0.25) is 0 Å². The number of aromatic nitrogens is 4. The molecule has 21 heavy (non-hydrogen) atoms. The third-order valence-electron chi connectivity index (χ3n) is 2.75. The lowest BCUT2D eigenvalue weighted by Gasteiger charge is -2.03. The molecule has 0 atom stereocenters. The van der Waals surface area contributed by atoms with Gasteiger partial charge in [0.2, 0.25) is 5.16 Å². The quantitative estimate of drug-likeness (QED) is 0.722. The molecule has 3 rings (SSSR count). The Balaban J connectivity index is 1.79. The number of nitrogens with zero attached hydrogens (tertiary/aromatic N) is 4. The molecule has 0 amide bonds. The molecule has 0 fully saturated rings. The van der Waals surface area contributed by atoms with Crippen LogP contribution < -0.4 is 0 Å². The number of hydrogen-bond donors (Lipinski definition) is 1. The van der Waals surface area contributed by atoms with E-state index in [0.717, 1.165) is 5.69 Å². The number of benzene rings is 1. The summed E-state index contributed by atoms with van der Waals surface area (Å²) in [7, 11) is 0. The first-order valence-corrected chi connectivity index (χ1v) is 7.00.